The van der Waals surface area contributed by atoms with Crippen LogP contribution in [-0.2, 0) is 6.42 Å². The number of rotatable bonds is 1. The van der Waals surface area contributed by atoms with Crippen LogP contribution in [0.2, 0.25) is 0 Å². The van der Waals surface area contributed by atoms with Gasteiger partial charge in [0.1, 0.15) is 5.82 Å². The molecular weight excluding hydrogens is 210 g/mol. The molecule has 17 heavy (non-hydrogen) atoms. The highest BCUT2D eigenvalue weighted by Crippen LogP contribution is 2.29. The van der Waals surface area contributed by atoms with Gasteiger partial charge in [0.05, 0.1) is 11.9 Å². The van der Waals surface area contributed by atoms with E-state index in [4.69, 9.17) is 0 Å². The predicted octanol–water partition coefficient (Wildman–Crippen LogP) is 3.13. The molecule has 1 aliphatic rings. The number of imidazole rings is 1. The molecule has 3 heteroatoms. The second-order valence-corrected chi connectivity index (χ2v) is 4.84. The van der Waals surface area contributed by atoms with Crippen LogP contribution in [0.3, 0.4) is 0 Å². The first-order valence-electron chi connectivity index (χ1n) is 6.14. The number of hydrogen-bond donors (Lipinski definition) is 2. The Kier molecular flexibility index (Phi) is 2.39. The standard InChI is InChI=1S/C14H17N3/c1-9-3-4-11-7-12(5-6-13(11)16-9)14-8-15-10(2)17-14/h5-9,16H,3-4H2,1-2H3,(H,15,17). The number of benzene rings is 1. The van der Waals surface area contributed by atoms with Crippen molar-refractivity contribution >= 4 is 5.69 Å². The van der Waals surface area contributed by atoms with Crippen molar-refractivity contribution in [3.05, 3.63) is 35.8 Å². The van der Waals surface area contributed by atoms with E-state index in [2.05, 4.69) is 40.4 Å². The molecule has 0 amide bonds. The molecule has 1 aromatic carbocycles. The number of aromatic amines is 1. The number of aryl methyl sites for hydroxylation is 2. The molecule has 2 aromatic rings. The monoisotopic (exact) mass is 227 g/mol. The summed E-state index contributed by atoms with van der Waals surface area (Å²) < 4.78 is 0. The van der Waals surface area contributed by atoms with Crippen LogP contribution in [-0.4, -0.2) is 16.0 Å². The molecule has 0 spiro atoms. The number of anilines is 1. The maximum atomic E-state index is 4.25. The summed E-state index contributed by atoms with van der Waals surface area (Å²) in [6.07, 6.45) is 4.26. The molecule has 2 N–H and O–H groups in total. The van der Waals surface area contributed by atoms with Crippen LogP contribution in [0.4, 0.5) is 5.69 Å². The summed E-state index contributed by atoms with van der Waals surface area (Å²) in [5.74, 6) is 0.962. The highest BCUT2D eigenvalue weighted by molar-refractivity contribution is 5.66. The molecule has 0 aliphatic carbocycles. The number of nitrogens with zero attached hydrogens (tertiary/aromatic N) is 1. The van der Waals surface area contributed by atoms with Crippen molar-refractivity contribution in [1.82, 2.24) is 9.97 Å². The fraction of sp³-hybridized carbons (Fsp3) is 0.357. The van der Waals surface area contributed by atoms with E-state index in [1.54, 1.807) is 0 Å². The summed E-state index contributed by atoms with van der Waals surface area (Å²) in [6, 6.07) is 7.18. The summed E-state index contributed by atoms with van der Waals surface area (Å²) in [5.41, 5.74) is 5.02. The number of fused-ring (bicyclic) bond motifs is 1. The Morgan fingerprint density at radius 2 is 2.24 bits per heavy atom. The fourth-order valence-corrected chi connectivity index (χ4v) is 2.39. The van der Waals surface area contributed by atoms with Crippen LogP contribution in [0.15, 0.2) is 24.4 Å². The van der Waals surface area contributed by atoms with Gasteiger partial charge in [0, 0.05) is 11.7 Å². The fourth-order valence-electron chi connectivity index (χ4n) is 2.39. The summed E-state index contributed by atoms with van der Waals surface area (Å²) in [6.45, 7) is 4.21. The number of H-pyrrole nitrogens is 1. The minimum absolute atomic E-state index is 0.586. The Balaban J connectivity index is 1.98. The largest absolute Gasteiger partial charge is 0.382 e. The van der Waals surface area contributed by atoms with Crippen LogP contribution in [0.1, 0.15) is 24.7 Å². The molecule has 0 fully saturated rings. The Morgan fingerprint density at radius 1 is 1.35 bits per heavy atom. The van der Waals surface area contributed by atoms with E-state index in [-0.39, 0.29) is 0 Å². The second kappa shape index (κ2) is 3.91. The molecule has 3 nitrogen and oxygen atoms in total. The van der Waals surface area contributed by atoms with E-state index < -0.39 is 0 Å². The average Bonchev–Trinajstić information content (AvgIpc) is 2.75. The van der Waals surface area contributed by atoms with Crippen molar-refractivity contribution < 1.29 is 0 Å². The molecule has 2 heterocycles. The Bertz CT molecular complexity index is 542. The molecule has 1 atom stereocenters. The third-order valence-electron chi connectivity index (χ3n) is 3.37. The van der Waals surface area contributed by atoms with E-state index in [1.165, 1.54) is 23.2 Å². The number of aromatic nitrogens is 2. The van der Waals surface area contributed by atoms with Crippen LogP contribution in [0, 0.1) is 6.92 Å². The SMILES string of the molecule is Cc1ncc(-c2ccc3c(c2)CCC(C)N3)[nH]1. The highest BCUT2D eigenvalue weighted by Gasteiger charge is 2.14. The van der Waals surface area contributed by atoms with E-state index in [0.29, 0.717) is 6.04 Å². The molecule has 1 aromatic heterocycles. The molecule has 3 rings (SSSR count). The lowest BCUT2D eigenvalue weighted by Crippen LogP contribution is -2.21. The quantitative estimate of drug-likeness (QED) is 0.785. The molecule has 0 bridgehead atoms. The van der Waals surface area contributed by atoms with Crippen molar-refractivity contribution in [3.8, 4) is 11.3 Å². The summed E-state index contributed by atoms with van der Waals surface area (Å²) in [5, 5.41) is 3.52. The van der Waals surface area contributed by atoms with Crippen LogP contribution >= 0.6 is 0 Å². The minimum Gasteiger partial charge on any atom is -0.382 e. The molecule has 1 aliphatic heterocycles. The van der Waals surface area contributed by atoms with Gasteiger partial charge in [-0.25, -0.2) is 4.98 Å². The van der Waals surface area contributed by atoms with Crippen molar-refractivity contribution in [2.24, 2.45) is 0 Å². The first-order chi connectivity index (χ1) is 8.22. The van der Waals surface area contributed by atoms with Gasteiger partial charge >= 0.3 is 0 Å². The number of hydrogen-bond acceptors (Lipinski definition) is 2. The average molecular weight is 227 g/mol. The summed E-state index contributed by atoms with van der Waals surface area (Å²) >= 11 is 0. The lowest BCUT2D eigenvalue weighted by atomic mass is 9.96. The van der Waals surface area contributed by atoms with Gasteiger partial charge in [-0.15, -0.1) is 0 Å². The van der Waals surface area contributed by atoms with E-state index in [1.807, 2.05) is 13.1 Å². The Labute approximate surface area is 101 Å². The van der Waals surface area contributed by atoms with Gasteiger partial charge < -0.3 is 10.3 Å². The van der Waals surface area contributed by atoms with E-state index >= 15 is 0 Å². The maximum absolute atomic E-state index is 4.25. The number of nitrogens with one attached hydrogen (secondary N) is 2. The zero-order valence-electron chi connectivity index (χ0n) is 10.2. The summed E-state index contributed by atoms with van der Waals surface area (Å²) in [4.78, 5) is 7.52. The van der Waals surface area contributed by atoms with Crippen molar-refractivity contribution in [2.75, 3.05) is 5.32 Å². The van der Waals surface area contributed by atoms with Crippen molar-refractivity contribution in [2.45, 2.75) is 32.7 Å². The van der Waals surface area contributed by atoms with Gasteiger partial charge in [0.2, 0.25) is 0 Å². The van der Waals surface area contributed by atoms with Crippen molar-refractivity contribution in [1.29, 1.82) is 0 Å². The van der Waals surface area contributed by atoms with E-state index in [0.717, 1.165) is 17.9 Å². The van der Waals surface area contributed by atoms with Crippen LogP contribution in [0.25, 0.3) is 11.3 Å². The first-order valence-corrected chi connectivity index (χ1v) is 6.14. The van der Waals surface area contributed by atoms with Gasteiger partial charge in [0.15, 0.2) is 0 Å². The normalized spacial score (nSPS) is 18.6. The first kappa shape index (κ1) is 10.4. The predicted molar refractivity (Wildman–Crippen MR) is 70.2 cm³/mol. The lowest BCUT2D eigenvalue weighted by molar-refractivity contribution is 0.681. The van der Waals surface area contributed by atoms with E-state index in [9.17, 15) is 0 Å². The van der Waals surface area contributed by atoms with Gasteiger partial charge in [-0.05, 0) is 49.9 Å². The third kappa shape index (κ3) is 1.93. The van der Waals surface area contributed by atoms with Crippen molar-refractivity contribution in [3.63, 3.8) is 0 Å². The van der Waals surface area contributed by atoms with Crippen LogP contribution in [0.5, 0.6) is 0 Å². The zero-order chi connectivity index (χ0) is 11.8. The molecule has 0 radical (unpaired) electrons. The van der Waals surface area contributed by atoms with Gasteiger partial charge in [-0.3, -0.25) is 0 Å². The van der Waals surface area contributed by atoms with Gasteiger partial charge in [0.25, 0.3) is 0 Å². The lowest BCUT2D eigenvalue weighted by Gasteiger charge is -2.24. The van der Waals surface area contributed by atoms with Gasteiger partial charge in [-0.2, -0.15) is 0 Å². The van der Waals surface area contributed by atoms with Crippen LogP contribution < -0.4 is 5.32 Å². The second-order valence-electron chi connectivity index (χ2n) is 4.84. The smallest absolute Gasteiger partial charge is 0.103 e. The maximum Gasteiger partial charge on any atom is 0.103 e. The Hall–Kier alpha value is -1.77. The molecule has 88 valence electrons. The molecular formula is C14H17N3. The summed E-state index contributed by atoms with van der Waals surface area (Å²) in [7, 11) is 0. The van der Waals surface area contributed by atoms with Gasteiger partial charge in [-0.1, -0.05) is 6.07 Å². The minimum atomic E-state index is 0.586. The third-order valence-corrected chi connectivity index (χ3v) is 3.37. The Morgan fingerprint density at radius 3 is 3.00 bits per heavy atom. The zero-order valence-corrected chi connectivity index (χ0v) is 10.2. The highest BCUT2D eigenvalue weighted by atomic mass is 14.9. The molecule has 1 unspecified atom stereocenters. The molecule has 0 saturated heterocycles. The topological polar surface area (TPSA) is 40.7 Å². The molecule has 0 saturated carbocycles.